The Morgan fingerprint density at radius 3 is 3.00 bits per heavy atom. The van der Waals surface area contributed by atoms with Gasteiger partial charge in [0.15, 0.2) is 0 Å². The van der Waals surface area contributed by atoms with Crippen LogP contribution in [-0.2, 0) is 0 Å². The van der Waals surface area contributed by atoms with Gasteiger partial charge in [-0.1, -0.05) is 0 Å². The summed E-state index contributed by atoms with van der Waals surface area (Å²) in [6, 6.07) is 0.338. The van der Waals surface area contributed by atoms with E-state index < -0.39 is 4.92 Å². The molecule has 1 aliphatic rings. The maximum absolute atomic E-state index is 11.1. The normalized spacial score (nSPS) is 18.3. The number of nitro groups is 1. The van der Waals surface area contributed by atoms with Crippen LogP contribution in [0.5, 0.6) is 5.88 Å². The van der Waals surface area contributed by atoms with Crippen LogP contribution in [0.3, 0.4) is 0 Å². The molecule has 1 N–H and O–H groups in total. The van der Waals surface area contributed by atoms with Gasteiger partial charge in [-0.15, -0.1) is 0 Å². The second kappa shape index (κ2) is 5.79. The summed E-state index contributed by atoms with van der Waals surface area (Å²) >= 11 is 0. The smallest absolute Gasteiger partial charge is 0.372 e. The number of nitrogens with zero attached hydrogens (tertiary/aromatic N) is 4. The van der Waals surface area contributed by atoms with Crippen LogP contribution in [0, 0.1) is 10.1 Å². The molecule has 104 valence electrons. The number of hydrogen-bond acceptors (Lipinski definition) is 7. The molecule has 1 aliphatic heterocycles. The largest absolute Gasteiger partial charge is 0.476 e. The molecule has 0 amide bonds. The Bertz CT molecular complexity index is 462. The van der Waals surface area contributed by atoms with E-state index >= 15 is 0 Å². The molecule has 0 aromatic carbocycles. The number of rotatable bonds is 5. The van der Waals surface area contributed by atoms with Crippen molar-refractivity contribution < 1.29 is 9.66 Å². The van der Waals surface area contributed by atoms with Gasteiger partial charge in [0.25, 0.3) is 5.88 Å². The third-order valence-electron chi connectivity index (χ3n) is 3.16. The molecule has 19 heavy (non-hydrogen) atoms. The Morgan fingerprint density at radius 1 is 1.63 bits per heavy atom. The highest BCUT2D eigenvalue weighted by atomic mass is 16.6. The summed E-state index contributed by atoms with van der Waals surface area (Å²) in [5.74, 6) is 0.270. The Kier molecular flexibility index (Phi) is 4.10. The van der Waals surface area contributed by atoms with Gasteiger partial charge < -0.3 is 15.0 Å². The fourth-order valence-electron chi connectivity index (χ4n) is 2.27. The first-order valence-electron chi connectivity index (χ1n) is 6.11. The van der Waals surface area contributed by atoms with Gasteiger partial charge in [0.1, 0.15) is 6.33 Å². The van der Waals surface area contributed by atoms with Gasteiger partial charge in [-0.25, -0.2) is 4.98 Å². The molecule has 0 bridgehead atoms. The Morgan fingerprint density at radius 2 is 2.42 bits per heavy atom. The lowest BCUT2D eigenvalue weighted by molar-refractivity contribution is -0.385. The molecule has 8 nitrogen and oxygen atoms in total. The number of ether oxygens (including phenoxy) is 1. The third-order valence-corrected chi connectivity index (χ3v) is 3.16. The summed E-state index contributed by atoms with van der Waals surface area (Å²) in [4.78, 5) is 20.2. The van der Waals surface area contributed by atoms with E-state index in [9.17, 15) is 10.1 Å². The summed E-state index contributed by atoms with van der Waals surface area (Å²) in [6.07, 6.45) is 3.48. The zero-order chi connectivity index (χ0) is 13.8. The molecule has 0 aliphatic carbocycles. The maximum Gasteiger partial charge on any atom is 0.372 e. The molecule has 1 atom stereocenters. The van der Waals surface area contributed by atoms with E-state index in [4.69, 9.17) is 4.74 Å². The van der Waals surface area contributed by atoms with Gasteiger partial charge in [0.2, 0.25) is 5.82 Å². The first kappa shape index (κ1) is 13.5. The van der Waals surface area contributed by atoms with Crippen LogP contribution < -0.4 is 15.0 Å². The summed E-state index contributed by atoms with van der Waals surface area (Å²) < 4.78 is 4.93. The average molecular weight is 267 g/mol. The quantitative estimate of drug-likeness (QED) is 0.616. The fourth-order valence-corrected chi connectivity index (χ4v) is 2.27. The van der Waals surface area contributed by atoms with Gasteiger partial charge in [-0.3, -0.25) is 10.1 Å². The zero-order valence-corrected chi connectivity index (χ0v) is 11.0. The first-order chi connectivity index (χ1) is 9.13. The minimum absolute atomic E-state index is 0.0127. The van der Waals surface area contributed by atoms with Crippen LogP contribution in [0.2, 0.25) is 0 Å². The van der Waals surface area contributed by atoms with E-state index in [1.165, 1.54) is 13.4 Å². The van der Waals surface area contributed by atoms with E-state index in [2.05, 4.69) is 15.3 Å². The molecule has 2 heterocycles. The maximum atomic E-state index is 11.1. The number of aromatic nitrogens is 2. The van der Waals surface area contributed by atoms with Gasteiger partial charge in [-0.05, 0) is 19.4 Å². The highest BCUT2D eigenvalue weighted by Crippen LogP contribution is 2.32. The van der Waals surface area contributed by atoms with Gasteiger partial charge in [0, 0.05) is 19.6 Å². The Hall–Kier alpha value is -1.96. The van der Waals surface area contributed by atoms with Crippen LogP contribution >= 0.6 is 0 Å². The predicted molar refractivity (Wildman–Crippen MR) is 69.5 cm³/mol. The number of hydrogen-bond donors (Lipinski definition) is 1. The van der Waals surface area contributed by atoms with Crippen molar-refractivity contribution in [2.45, 2.75) is 18.9 Å². The van der Waals surface area contributed by atoms with Crippen molar-refractivity contribution in [3.8, 4) is 5.88 Å². The lowest BCUT2D eigenvalue weighted by atomic mass is 10.2. The fraction of sp³-hybridized carbons (Fsp3) is 0.636. The highest BCUT2D eigenvalue weighted by Gasteiger charge is 2.27. The van der Waals surface area contributed by atoms with E-state index in [1.807, 2.05) is 0 Å². The van der Waals surface area contributed by atoms with Crippen LogP contribution in [0.4, 0.5) is 11.5 Å². The van der Waals surface area contributed by atoms with Crippen molar-refractivity contribution in [1.82, 2.24) is 15.3 Å². The highest BCUT2D eigenvalue weighted by molar-refractivity contribution is 5.62. The summed E-state index contributed by atoms with van der Waals surface area (Å²) in [5, 5.41) is 14.5. The molecule has 0 spiro atoms. The number of likely N-dealkylation sites (N-methyl/N-ethyl adjacent to an activating group) is 1. The lowest BCUT2D eigenvalue weighted by Gasteiger charge is -2.22. The molecule has 1 aromatic heterocycles. The number of anilines is 1. The standard InChI is InChI=1S/C11H17N5O3/c1-15(6-8-4-3-5-12-8)10-9(16(17)18)11(19-2)14-7-13-10/h7-8,12H,3-6H2,1-2H3. The van der Waals surface area contributed by atoms with Crippen molar-refractivity contribution in [3.63, 3.8) is 0 Å². The molecule has 0 saturated carbocycles. The van der Waals surface area contributed by atoms with Crippen LogP contribution in [-0.4, -0.2) is 48.2 Å². The number of methoxy groups -OCH3 is 1. The SMILES string of the molecule is COc1ncnc(N(C)CC2CCCN2)c1[N+](=O)[O-]. The van der Waals surface area contributed by atoms with Crippen LogP contribution in [0.1, 0.15) is 12.8 Å². The van der Waals surface area contributed by atoms with E-state index in [0.717, 1.165) is 19.4 Å². The van der Waals surface area contributed by atoms with Gasteiger partial charge >= 0.3 is 5.69 Å². The zero-order valence-electron chi connectivity index (χ0n) is 11.0. The van der Waals surface area contributed by atoms with E-state index in [-0.39, 0.29) is 17.4 Å². The van der Waals surface area contributed by atoms with Crippen molar-refractivity contribution in [1.29, 1.82) is 0 Å². The minimum atomic E-state index is -0.507. The lowest BCUT2D eigenvalue weighted by Crippen LogP contribution is -2.36. The van der Waals surface area contributed by atoms with E-state index in [0.29, 0.717) is 12.6 Å². The summed E-state index contributed by atoms with van der Waals surface area (Å²) in [6.45, 7) is 1.66. The molecule has 0 radical (unpaired) electrons. The molecule has 1 aromatic rings. The third kappa shape index (κ3) is 2.90. The van der Waals surface area contributed by atoms with Crippen molar-refractivity contribution in [2.24, 2.45) is 0 Å². The average Bonchev–Trinajstić information content (AvgIpc) is 2.90. The second-order valence-electron chi connectivity index (χ2n) is 4.49. The molecule has 1 fully saturated rings. The summed E-state index contributed by atoms with van der Waals surface area (Å²) in [5.41, 5.74) is -0.189. The van der Waals surface area contributed by atoms with Gasteiger partial charge in [-0.2, -0.15) is 4.98 Å². The molecule has 8 heteroatoms. The molecule has 2 rings (SSSR count). The monoisotopic (exact) mass is 267 g/mol. The molecule has 1 saturated heterocycles. The van der Waals surface area contributed by atoms with Crippen molar-refractivity contribution in [2.75, 3.05) is 32.1 Å². The second-order valence-corrected chi connectivity index (χ2v) is 4.49. The van der Waals surface area contributed by atoms with E-state index in [1.54, 1.807) is 11.9 Å². The minimum Gasteiger partial charge on any atom is -0.476 e. The first-order valence-corrected chi connectivity index (χ1v) is 6.11. The van der Waals surface area contributed by atoms with Crippen molar-refractivity contribution in [3.05, 3.63) is 16.4 Å². The van der Waals surface area contributed by atoms with Gasteiger partial charge in [0.05, 0.1) is 12.0 Å². The Labute approximate surface area is 110 Å². The molecule has 1 unspecified atom stereocenters. The molecular weight excluding hydrogens is 250 g/mol. The summed E-state index contributed by atoms with van der Waals surface area (Å²) in [7, 11) is 3.15. The van der Waals surface area contributed by atoms with Crippen molar-refractivity contribution >= 4 is 11.5 Å². The predicted octanol–water partition coefficient (Wildman–Crippen LogP) is 0.582. The van der Waals surface area contributed by atoms with Crippen LogP contribution in [0.25, 0.3) is 0 Å². The Balaban J connectivity index is 2.24. The number of nitrogens with one attached hydrogen (secondary N) is 1. The molecular formula is C11H17N5O3. The van der Waals surface area contributed by atoms with Crippen LogP contribution in [0.15, 0.2) is 6.33 Å². The topological polar surface area (TPSA) is 93.4 Å².